The minimum atomic E-state index is -0.352. The molecule has 3 nitrogen and oxygen atoms in total. The number of rotatable bonds is 9. The van der Waals surface area contributed by atoms with Gasteiger partial charge in [0.15, 0.2) is 0 Å². The lowest BCUT2D eigenvalue weighted by atomic mass is 10.1. The predicted octanol–water partition coefficient (Wildman–Crippen LogP) is 5.40. The maximum absolute atomic E-state index is 13.2. The first kappa shape index (κ1) is 20.2. The highest BCUT2D eigenvalue weighted by Crippen LogP contribution is 2.22. The van der Waals surface area contributed by atoms with Gasteiger partial charge >= 0.3 is 0 Å². The monoisotopic (exact) mass is 399 g/mol. The molecule has 146 valence electrons. The molecule has 0 radical (unpaired) electrons. The summed E-state index contributed by atoms with van der Waals surface area (Å²) in [6.07, 6.45) is 0.929. The van der Waals surface area contributed by atoms with Gasteiger partial charge in [0.25, 0.3) is 0 Å². The number of hydrogen-bond donors (Lipinski definition) is 1. The third kappa shape index (κ3) is 5.72. The molecular weight excluding hydrogens is 377 g/mol. The molecule has 3 aromatic rings. The number of hydrogen-bond acceptors (Lipinski definition) is 3. The van der Waals surface area contributed by atoms with Crippen molar-refractivity contribution in [3.05, 3.63) is 94.3 Å². The summed E-state index contributed by atoms with van der Waals surface area (Å²) in [5, 5.41) is 3.82. The molecule has 0 aromatic heterocycles. The predicted molar refractivity (Wildman–Crippen MR) is 111 cm³/mol. The molecule has 0 heterocycles. The number of halogens is 2. The van der Waals surface area contributed by atoms with Gasteiger partial charge < -0.3 is 14.8 Å². The smallest absolute Gasteiger partial charge is 0.124 e. The molecule has 0 spiro atoms. The molecule has 0 saturated carbocycles. The summed E-state index contributed by atoms with van der Waals surface area (Å²) in [5.41, 5.74) is 3.07. The van der Waals surface area contributed by atoms with Gasteiger partial charge in [-0.2, -0.15) is 0 Å². The standard InChI is InChI=1S/C23H23ClFNO2/c1-27-21-10-6-17(7-11-21)12-13-26-15-18-4-2-3-5-23(18)28-16-19-8-9-20(25)14-22(19)24/h2-11,14,26H,12-13,15-16H2,1H3. The van der Waals surface area contributed by atoms with E-state index in [0.29, 0.717) is 18.2 Å². The number of methoxy groups -OCH3 is 1. The first-order valence-electron chi connectivity index (χ1n) is 9.14. The van der Waals surface area contributed by atoms with Crippen LogP contribution in [0.25, 0.3) is 0 Å². The highest BCUT2D eigenvalue weighted by molar-refractivity contribution is 6.31. The third-order valence-corrected chi connectivity index (χ3v) is 4.79. The highest BCUT2D eigenvalue weighted by Gasteiger charge is 2.06. The molecule has 0 aliphatic carbocycles. The molecule has 28 heavy (non-hydrogen) atoms. The van der Waals surface area contributed by atoms with Gasteiger partial charge in [-0.1, -0.05) is 48.0 Å². The summed E-state index contributed by atoms with van der Waals surface area (Å²) in [6, 6.07) is 20.3. The van der Waals surface area contributed by atoms with Crippen molar-refractivity contribution in [3.8, 4) is 11.5 Å². The number of para-hydroxylation sites is 1. The first-order valence-corrected chi connectivity index (χ1v) is 9.52. The van der Waals surface area contributed by atoms with E-state index in [1.54, 1.807) is 13.2 Å². The molecule has 0 saturated heterocycles. The quantitative estimate of drug-likeness (QED) is 0.489. The maximum Gasteiger partial charge on any atom is 0.124 e. The Morgan fingerprint density at radius 1 is 0.964 bits per heavy atom. The summed E-state index contributed by atoms with van der Waals surface area (Å²) in [4.78, 5) is 0. The Labute approximate surface area is 170 Å². The van der Waals surface area contributed by atoms with Crippen molar-refractivity contribution in [3.63, 3.8) is 0 Å². The van der Waals surface area contributed by atoms with Crippen LogP contribution < -0.4 is 14.8 Å². The average molecular weight is 400 g/mol. The number of ether oxygens (including phenoxy) is 2. The Hall–Kier alpha value is -2.56. The molecule has 0 bridgehead atoms. The van der Waals surface area contributed by atoms with Gasteiger partial charge in [-0.05, 0) is 48.9 Å². The van der Waals surface area contributed by atoms with Crippen molar-refractivity contribution < 1.29 is 13.9 Å². The van der Waals surface area contributed by atoms with E-state index in [0.717, 1.165) is 35.6 Å². The van der Waals surface area contributed by atoms with E-state index in [1.807, 2.05) is 36.4 Å². The first-order chi connectivity index (χ1) is 13.7. The van der Waals surface area contributed by atoms with E-state index < -0.39 is 0 Å². The highest BCUT2D eigenvalue weighted by atomic mass is 35.5. The fraction of sp³-hybridized carbons (Fsp3) is 0.217. The van der Waals surface area contributed by atoms with Crippen molar-refractivity contribution in [2.24, 2.45) is 0 Å². The molecule has 0 aliphatic heterocycles. The topological polar surface area (TPSA) is 30.5 Å². The van der Waals surface area contributed by atoms with Crippen LogP contribution >= 0.6 is 11.6 Å². The Bertz CT molecular complexity index is 899. The Morgan fingerprint density at radius 2 is 1.75 bits per heavy atom. The Morgan fingerprint density at radius 3 is 2.50 bits per heavy atom. The Balaban J connectivity index is 1.51. The SMILES string of the molecule is COc1ccc(CCNCc2ccccc2OCc2ccc(F)cc2Cl)cc1. The van der Waals surface area contributed by atoms with E-state index in [-0.39, 0.29) is 5.82 Å². The van der Waals surface area contributed by atoms with Gasteiger partial charge in [0, 0.05) is 17.7 Å². The fourth-order valence-electron chi connectivity index (χ4n) is 2.83. The molecule has 3 rings (SSSR count). The second-order valence-corrected chi connectivity index (χ2v) is 6.81. The normalized spacial score (nSPS) is 10.7. The van der Waals surface area contributed by atoms with Crippen LogP contribution in [0.5, 0.6) is 11.5 Å². The van der Waals surface area contributed by atoms with Gasteiger partial charge in [0.2, 0.25) is 0 Å². The molecule has 0 amide bonds. The zero-order valence-electron chi connectivity index (χ0n) is 15.8. The molecule has 0 aliphatic rings. The minimum absolute atomic E-state index is 0.294. The second kappa shape index (κ2) is 10.1. The van der Waals surface area contributed by atoms with Crippen LogP contribution in [-0.2, 0) is 19.6 Å². The number of nitrogens with one attached hydrogen (secondary N) is 1. The molecule has 0 atom stereocenters. The Kier molecular flexibility index (Phi) is 7.29. The van der Waals surface area contributed by atoms with Crippen LogP contribution in [0.2, 0.25) is 5.02 Å². The van der Waals surface area contributed by atoms with E-state index in [2.05, 4.69) is 17.4 Å². The van der Waals surface area contributed by atoms with Crippen LogP contribution in [-0.4, -0.2) is 13.7 Å². The summed E-state index contributed by atoms with van der Waals surface area (Å²) < 4.78 is 24.3. The van der Waals surface area contributed by atoms with Gasteiger partial charge in [0.05, 0.1) is 12.1 Å². The van der Waals surface area contributed by atoms with E-state index >= 15 is 0 Å². The summed E-state index contributed by atoms with van der Waals surface area (Å²) in [6.45, 7) is 1.84. The fourth-order valence-corrected chi connectivity index (χ4v) is 3.05. The van der Waals surface area contributed by atoms with Crippen LogP contribution in [0, 0.1) is 5.82 Å². The summed E-state index contributed by atoms with van der Waals surface area (Å²) in [7, 11) is 1.67. The zero-order valence-corrected chi connectivity index (χ0v) is 16.5. The van der Waals surface area contributed by atoms with E-state index in [4.69, 9.17) is 21.1 Å². The van der Waals surface area contributed by atoms with Gasteiger partial charge in [-0.15, -0.1) is 0 Å². The largest absolute Gasteiger partial charge is 0.497 e. The molecule has 1 N–H and O–H groups in total. The molecule has 5 heteroatoms. The maximum atomic E-state index is 13.2. The van der Waals surface area contributed by atoms with Crippen LogP contribution in [0.15, 0.2) is 66.7 Å². The van der Waals surface area contributed by atoms with Gasteiger partial charge in [0.1, 0.15) is 23.9 Å². The van der Waals surface area contributed by atoms with E-state index in [9.17, 15) is 4.39 Å². The average Bonchev–Trinajstić information content (AvgIpc) is 2.72. The third-order valence-electron chi connectivity index (χ3n) is 4.44. The van der Waals surface area contributed by atoms with Crippen LogP contribution in [0.3, 0.4) is 0 Å². The molecule has 0 unspecified atom stereocenters. The van der Waals surface area contributed by atoms with Crippen molar-refractivity contribution >= 4 is 11.6 Å². The zero-order chi connectivity index (χ0) is 19.8. The van der Waals surface area contributed by atoms with Crippen molar-refractivity contribution in [1.82, 2.24) is 5.32 Å². The van der Waals surface area contributed by atoms with Crippen LogP contribution in [0.4, 0.5) is 4.39 Å². The van der Waals surface area contributed by atoms with E-state index in [1.165, 1.54) is 17.7 Å². The van der Waals surface area contributed by atoms with Crippen LogP contribution in [0.1, 0.15) is 16.7 Å². The lowest BCUT2D eigenvalue weighted by molar-refractivity contribution is 0.302. The lowest BCUT2D eigenvalue weighted by Crippen LogP contribution is -2.17. The minimum Gasteiger partial charge on any atom is -0.497 e. The summed E-state index contributed by atoms with van der Waals surface area (Å²) >= 11 is 6.07. The lowest BCUT2D eigenvalue weighted by Gasteiger charge is -2.13. The molecular formula is C23H23ClFNO2. The van der Waals surface area contributed by atoms with Gasteiger partial charge in [-0.25, -0.2) is 4.39 Å². The second-order valence-electron chi connectivity index (χ2n) is 6.41. The van der Waals surface area contributed by atoms with Crippen molar-refractivity contribution in [2.45, 2.75) is 19.6 Å². The summed E-state index contributed by atoms with van der Waals surface area (Å²) in [5.74, 6) is 1.30. The number of benzene rings is 3. The van der Waals surface area contributed by atoms with Crippen molar-refractivity contribution in [2.75, 3.05) is 13.7 Å². The van der Waals surface area contributed by atoms with Crippen molar-refractivity contribution in [1.29, 1.82) is 0 Å². The van der Waals surface area contributed by atoms with Gasteiger partial charge in [-0.3, -0.25) is 0 Å². The molecule has 0 fully saturated rings. The molecule has 3 aromatic carbocycles.